The van der Waals surface area contributed by atoms with Gasteiger partial charge in [-0.15, -0.1) is 0 Å². The lowest BCUT2D eigenvalue weighted by Crippen LogP contribution is -2.31. The minimum atomic E-state index is 0.590. The second kappa shape index (κ2) is 6.64. The maximum atomic E-state index is 4.78. The van der Waals surface area contributed by atoms with E-state index in [2.05, 4.69) is 43.5 Å². The molecule has 2 atom stereocenters. The molecule has 2 fully saturated rings. The Morgan fingerprint density at radius 1 is 1.00 bits per heavy atom. The zero-order valence-corrected chi connectivity index (χ0v) is 13.4. The van der Waals surface area contributed by atoms with Crippen molar-refractivity contribution in [3.05, 3.63) is 29.8 Å². The van der Waals surface area contributed by atoms with Crippen LogP contribution in [0.4, 0.5) is 5.69 Å². The molecule has 0 saturated heterocycles. The molecule has 0 aromatic heterocycles. The number of anilines is 1. The lowest BCUT2D eigenvalue weighted by molar-refractivity contribution is 0.261. The lowest BCUT2D eigenvalue weighted by Gasteiger charge is -2.36. The van der Waals surface area contributed by atoms with Crippen molar-refractivity contribution < 1.29 is 0 Å². The van der Waals surface area contributed by atoms with E-state index in [4.69, 9.17) is 5.10 Å². The van der Waals surface area contributed by atoms with E-state index < -0.39 is 0 Å². The molecule has 0 amide bonds. The van der Waals surface area contributed by atoms with Crippen LogP contribution in [-0.2, 0) is 0 Å². The van der Waals surface area contributed by atoms with Gasteiger partial charge in [-0.3, -0.25) is 5.43 Å². The Kier molecular flexibility index (Phi) is 4.62. The van der Waals surface area contributed by atoms with Crippen LogP contribution in [0.25, 0.3) is 0 Å². The van der Waals surface area contributed by atoms with E-state index in [-0.39, 0.29) is 0 Å². The maximum Gasteiger partial charge on any atom is 0.0561 e. The highest BCUT2D eigenvalue weighted by Gasteiger charge is 2.32. The third kappa shape index (κ3) is 3.48. The predicted octanol–water partition coefficient (Wildman–Crippen LogP) is 5.57. The topological polar surface area (TPSA) is 24.4 Å². The molecule has 0 heterocycles. The Hall–Kier alpha value is -1.31. The summed E-state index contributed by atoms with van der Waals surface area (Å²) in [7, 11) is 0. The van der Waals surface area contributed by atoms with Crippen LogP contribution >= 0.6 is 0 Å². The van der Waals surface area contributed by atoms with Gasteiger partial charge in [-0.05, 0) is 61.6 Å². The highest BCUT2D eigenvalue weighted by Crippen LogP contribution is 2.39. The number of benzene rings is 1. The summed E-state index contributed by atoms with van der Waals surface area (Å²) in [6, 6.07) is 8.72. The van der Waals surface area contributed by atoms with Crippen LogP contribution < -0.4 is 5.43 Å². The minimum Gasteiger partial charge on any atom is -0.279 e. The highest BCUT2D eigenvalue weighted by atomic mass is 15.3. The minimum absolute atomic E-state index is 0.590. The van der Waals surface area contributed by atoms with E-state index in [1.54, 1.807) is 0 Å². The van der Waals surface area contributed by atoms with Crippen LogP contribution in [0.1, 0.15) is 70.3 Å². The van der Waals surface area contributed by atoms with E-state index in [0.29, 0.717) is 5.92 Å². The molecule has 2 saturated carbocycles. The zero-order chi connectivity index (χ0) is 14.7. The molecule has 1 aromatic carbocycles. The van der Waals surface area contributed by atoms with Gasteiger partial charge in [0.05, 0.1) is 5.69 Å². The number of fused-ring (bicyclic) bond motifs is 1. The molecule has 0 radical (unpaired) electrons. The third-order valence-electron chi connectivity index (χ3n) is 5.25. The molecule has 0 aliphatic heterocycles. The van der Waals surface area contributed by atoms with Crippen LogP contribution in [0.2, 0.25) is 0 Å². The van der Waals surface area contributed by atoms with Gasteiger partial charge >= 0.3 is 0 Å². The van der Waals surface area contributed by atoms with Gasteiger partial charge in [0.1, 0.15) is 0 Å². The van der Waals surface area contributed by atoms with Crippen molar-refractivity contribution >= 4 is 11.4 Å². The Bertz CT molecular complexity index is 485. The van der Waals surface area contributed by atoms with Gasteiger partial charge in [0, 0.05) is 11.6 Å². The Morgan fingerprint density at radius 2 is 1.71 bits per heavy atom. The summed E-state index contributed by atoms with van der Waals surface area (Å²) >= 11 is 0. The summed E-state index contributed by atoms with van der Waals surface area (Å²) in [5, 5.41) is 4.78. The molecule has 21 heavy (non-hydrogen) atoms. The van der Waals surface area contributed by atoms with Crippen LogP contribution in [-0.4, -0.2) is 5.71 Å². The quantitative estimate of drug-likeness (QED) is 0.721. The molecule has 2 nitrogen and oxygen atoms in total. The molecule has 2 heteroatoms. The Balaban J connectivity index is 1.66. The molecule has 2 aliphatic rings. The first-order valence-electron chi connectivity index (χ1n) is 8.66. The summed E-state index contributed by atoms with van der Waals surface area (Å²) in [4.78, 5) is 0. The average molecular weight is 284 g/mol. The Morgan fingerprint density at radius 3 is 2.48 bits per heavy atom. The predicted molar refractivity (Wildman–Crippen MR) is 90.9 cm³/mol. The molecule has 2 aliphatic carbocycles. The molecular formula is C19H28N2. The van der Waals surface area contributed by atoms with Crippen molar-refractivity contribution in [2.24, 2.45) is 16.9 Å². The van der Waals surface area contributed by atoms with Crippen molar-refractivity contribution in [2.45, 2.75) is 64.7 Å². The fourth-order valence-corrected chi connectivity index (χ4v) is 3.94. The van der Waals surface area contributed by atoms with Crippen LogP contribution in [0.15, 0.2) is 29.4 Å². The molecule has 0 bridgehead atoms. The summed E-state index contributed by atoms with van der Waals surface area (Å²) < 4.78 is 0. The SMILES string of the molecule is CC(C)c1ccc(N/N=C2\CCCC3CCCCC23)cc1. The van der Waals surface area contributed by atoms with Crippen molar-refractivity contribution in [1.82, 2.24) is 0 Å². The van der Waals surface area contributed by atoms with Gasteiger partial charge in [-0.2, -0.15) is 5.10 Å². The second-order valence-corrected chi connectivity index (χ2v) is 7.03. The van der Waals surface area contributed by atoms with E-state index in [9.17, 15) is 0 Å². The fourth-order valence-electron chi connectivity index (χ4n) is 3.94. The van der Waals surface area contributed by atoms with Crippen molar-refractivity contribution in [3.63, 3.8) is 0 Å². The molecule has 0 spiro atoms. The van der Waals surface area contributed by atoms with Crippen LogP contribution in [0, 0.1) is 11.8 Å². The zero-order valence-electron chi connectivity index (χ0n) is 13.4. The fraction of sp³-hybridized carbons (Fsp3) is 0.632. The van der Waals surface area contributed by atoms with E-state index in [0.717, 1.165) is 17.5 Å². The molecule has 114 valence electrons. The van der Waals surface area contributed by atoms with E-state index in [1.165, 1.54) is 56.2 Å². The summed E-state index contributed by atoms with van der Waals surface area (Å²) in [5.74, 6) is 2.26. The van der Waals surface area contributed by atoms with Gasteiger partial charge in [0.2, 0.25) is 0 Å². The van der Waals surface area contributed by atoms with Gasteiger partial charge in [0.15, 0.2) is 0 Å². The van der Waals surface area contributed by atoms with Gasteiger partial charge in [0.25, 0.3) is 0 Å². The first-order chi connectivity index (χ1) is 10.2. The number of nitrogens with one attached hydrogen (secondary N) is 1. The Labute approximate surface area is 129 Å². The molecule has 3 rings (SSSR count). The van der Waals surface area contributed by atoms with E-state index in [1.807, 2.05) is 0 Å². The standard InChI is InChI=1S/C19H28N2/c1-14(2)15-10-12-17(13-11-15)20-21-19-9-5-7-16-6-3-4-8-18(16)19/h10-14,16,18,20H,3-9H2,1-2H3/b21-19+. The number of nitrogens with zero attached hydrogens (tertiary/aromatic N) is 1. The second-order valence-electron chi connectivity index (χ2n) is 7.03. The van der Waals surface area contributed by atoms with Gasteiger partial charge < -0.3 is 0 Å². The van der Waals surface area contributed by atoms with Crippen LogP contribution in [0.5, 0.6) is 0 Å². The molecule has 1 N–H and O–H groups in total. The van der Waals surface area contributed by atoms with Crippen LogP contribution in [0.3, 0.4) is 0 Å². The maximum absolute atomic E-state index is 4.78. The van der Waals surface area contributed by atoms with E-state index >= 15 is 0 Å². The van der Waals surface area contributed by atoms with Gasteiger partial charge in [-0.25, -0.2) is 0 Å². The molecule has 1 aromatic rings. The van der Waals surface area contributed by atoms with Crippen molar-refractivity contribution in [1.29, 1.82) is 0 Å². The lowest BCUT2D eigenvalue weighted by atomic mass is 9.70. The monoisotopic (exact) mass is 284 g/mol. The number of hydrogen-bond donors (Lipinski definition) is 1. The average Bonchev–Trinajstić information content (AvgIpc) is 2.53. The number of rotatable bonds is 3. The van der Waals surface area contributed by atoms with Gasteiger partial charge in [-0.1, -0.05) is 38.8 Å². The molecule has 2 unspecified atom stereocenters. The summed E-state index contributed by atoms with van der Waals surface area (Å²) in [6.07, 6.45) is 9.55. The number of hydrogen-bond acceptors (Lipinski definition) is 2. The van der Waals surface area contributed by atoms with Crippen molar-refractivity contribution in [2.75, 3.05) is 5.43 Å². The smallest absolute Gasteiger partial charge is 0.0561 e. The normalized spacial score (nSPS) is 27.7. The highest BCUT2D eigenvalue weighted by molar-refractivity contribution is 5.88. The summed E-state index contributed by atoms with van der Waals surface area (Å²) in [5.41, 5.74) is 7.23. The number of hydrazone groups is 1. The third-order valence-corrected chi connectivity index (χ3v) is 5.25. The van der Waals surface area contributed by atoms with Crippen molar-refractivity contribution in [3.8, 4) is 0 Å². The first kappa shape index (κ1) is 14.6. The molecular weight excluding hydrogens is 256 g/mol. The first-order valence-corrected chi connectivity index (χ1v) is 8.66. The summed E-state index contributed by atoms with van der Waals surface area (Å²) in [6.45, 7) is 4.46. The largest absolute Gasteiger partial charge is 0.279 e.